The molecule has 2 rings (SSSR count). The number of carboxylic acid groups (broad SMARTS) is 1. The molecule has 0 aliphatic heterocycles. The molecule has 0 fully saturated rings. The van der Waals surface area contributed by atoms with Gasteiger partial charge in [0.25, 0.3) is 5.91 Å². The van der Waals surface area contributed by atoms with Gasteiger partial charge in [0.05, 0.1) is 0 Å². The Morgan fingerprint density at radius 3 is 2.68 bits per heavy atom. The lowest BCUT2D eigenvalue weighted by Gasteiger charge is -2.14. The number of amides is 1. The topological polar surface area (TPSA) is 97.8 Å². The number of aliphatic carboxylic acids is 1. The Balaban J connectivity index is 1.99. The van der Waals surface area contributed by atoms with E-state index in [1.807, 2.05) is 30.3 Å². The van der Waals surface area contributed by atoms with Crippen molar-refractivity contribution in [1.29, 1.82) is 0 Å². The van der Waals surface area contributed by atoms with Crippen molar-refractivity contribution >= 4 is 11.9 Å². The largest absolute Gasteiger partial charge is 0.480 e. The molecule has 0 bridgehead atoms. The third-order valence-corrected chi connectivity index (χ3v) is 3.44. The summed E-state index contributed by atoms with van der Waals surface area (Å²) in [4.78, 5) is 27.5. The number of nitrogens with one attached hydrogen (secondary N) is 1. The molecule has 7 nitrogen and oxygen atoms in total. The fourth-order valence-electron chi connectivity index (χ4n) is 2.10. The summed E-state index contributed by atoms with van der Waals surface area (Å²) < 4.78 is 10.4. The number of methoxy groups -OCH3 is 1. The van der Waals surface area contributed by atoms with Gasteiger partial charge in [0.15, 0.2) is 0 Å². The molecule has 132 valence electrons. The van der Waals surface area contributed by atoms with Gasteiger partial charge in [-0.3, -0.25) is 4.79 Å². The summed E-state index contributed by atoms with van der Waals surface area (Å²) in [6.07, 6.45) is 1.63. The number of rotatable bonds is 9. The van der Waals surface area contributed by atoms with Crippen LogP contribution >= 0.6 is 0 Å². The average Bonchev–Trinajstić information content (AvgIpc) is 2.64. The number of benzene rings is 1. The molecular formula is C18H20N2O5. The quantitative estimate of drug-likeness (QED) is 0.721. The van der Waals surface area contributed by atoms with Crippen LogP contribution in [0.5, 0.6) is 5.88 Å². The lowest BCUT2D eigenvalue weighted by atomic mass is 10.2. The highest BCUT2D eigenvalue weighted by atomic mass is 16.5. The molecule has 0 aliphatic carbocycles. The van der Waals surface area contributed by atoms with Crippen LogP contribution in [0.4, 0.5) is 0 Å². The predicted molar refractivity (Wildman–Crippen MR) is 90.4 cm³/mol. The second kappa shape index (κ2) is 9.39. The van der Waals surface area contributed by atoms with Gasteiger partial charge in [0.2, 0.25) is 5.88 Å². The number of pyridine rings is 1. The monoisotopic (exact) mass is 344 g/mol. The molecule has 1 aromatic heterocycles. The van der Waals surface area contributed by atoms with E-state index in [0.29, 0.717) is 12.5 Å². The van der Waals surface area contributed by atoms with E-state index in [1.165, 1.54) is 25.4 Å². The van der Waals surface area contributed by atoms with E-state index in [-0.39, 0.29) is 18.6 Å². The van der Waals surface area contributed by atoms with E-state index in [0.717, 1.165) is 5.56 Å². The Hall–Kier alpha value is -2.93. The van der Waals surface area contributed by atoms with Crippen molar-refractivity contribution in [1.82, 2.24) is 10.3 Å². The molecule has 0 saturated carbocycles. The molecule has 2 N–H and O–H groups in total. The fourth-order valence-corrected chi connectivity index (χ4v) is 2.10. The molecule has 7 heteroatoms. The highest BCUT2D eigenvalue weighted by Crippen LogP contribution is 2.12. The number of nitrogens with zero attached hydrogens (tertiary/aromatic N) is 1. The molecule has 0 saturated heterocycles. The SMILES string of the molecule is COCCC(NC(=O)c1ccnc(OCc2ccccc2)c1)C(=O)O. The van der Waals surface area contributed by atoms with Crippen LogP contribution in [0.3, 0.4) is 0 Å². The number of hydrogen-bond acceptors (Lipinski definition) is 5. The molecule has 1 unspecified atom stereocenters. The summed E-state index contributed by atoms with van der Waals surface area (Å²) in [6.45, 7) is 0.559. The minimum absolute atomic E-state index is 0.181. The van der Waals surface area contributed by atoms with Gasteiger partial charge in [0.1, 0.15) is 12.6 Å². The Bertz CT molecular complexity index is 706. The number of ether oxygens (including phenoxy) is 2. The molecule has 25 heavy (non-hydrogen) atoms. The van der Waals surface area contributed by atoms with Crippen molar-refractivity contribution in [3.05, 3.63) is 59.8 Å². The minimum atomic E-state index is -1.11. The van der Waals surface area contributed by atoms with E-state index in [2.05, 4.69) is 10.3 Å². The lowest BCUT2D eigenvalue weighted by Crippen LogP contribution is -2.41. The van der Waals surface area contributed by atoms with Gasteiger partial charge in [-0.25, -0.2) is 9.78 Å². The molecule has 1 heterocycles. The molecule has 0 aliphatic rings. The first-order valence-electron chi connectivity index (χ1n) is 7.75. The summed E-state index contributed by atoms with van der Waals surface area (Å²) >= 11 is 0. The maximum absolute atomic E-state index is 12.3. The zero-order valence-corrected chi connectivity index (χ0v) is 13.8. The number of carbonyl (C=O) groups excluding carboxylic acids is 1. The van der Waals surface area contributed by atoms with Crippen LogP contribution in [0.25, 0.3) is 0 Å². The highest BCUT2D eigenvalue weighted by molar-refractivity contribution is 5.96. The summed E-state index contributed by atoms with van der Waals surface area (Å²) in [5, 5.41) is 11.6. The van der Waals surface area contributed by atoms with Gasteiger partial charge in [-0.05, 0) is 11.6 Å². The predicted octanol–water partition coefficient (Wildman–Crippen LogP) is 1.88. The Kier molecular flexibility index (Phi) is 6.91. The van der Waals surface area contributed by atoms with E-state index >= 15 is 0 Å². The number of aromatic nitrogens is 1. The molecule has 0 radical (unpaired) electrons. The second-order valence-electron chi connectivity index (χ2n) is 5.30. The van der Waals surface area contributed by atoms with E-state index in [1.54, 1.807) is 0 Å². The van der Waals surface area contributed by atoms with Gasteiger partial charge in [-0.15, -0.1) is 0 Å². The van der Waals surface area contributed by atoms with E-state index in [4.69, 9.17) is 14.6 Å². The van der Waals surface area contributed by atoms with Crippen molar-refractivity contribution in [3.8, 4) is 5.88 Å². The number of carboxylic acids is 1. The van der Waals surface area contributed by atoms with Crippen molar-refractivity contribution in [2.24, 2.45) is 0 Å². The van der Waals surface area contributed by atoms with Crippen LogP contribution in [-0.2, 0) is 16.1 Å². The Labute approximate surface area is 145 Å². The van der Waals surface area contributed by atoms with Crippen molar-refractivity contribution in [3.63, 3.8) is 0 Å². The van der Waals surface area contributed by atoms with Crippen molar-refractivity contribution in [2.75, 3.05) is 13.7 Å². The van der Waals surface area contributed by atoms with E-state index in [9.17, 15) is 9.59 Å². The molecule has 0 spiro atoms. The Morgan fingerprint density at radius 1 is 1.24 bits per heavy atom. The zero-order valence-electron chi connectivity index (χ0n) is 13.8. The summed E-state index contributed by atoms with van der Waals surface area (Å²) in [5.41, 5.74) is 1.26. The third kappa shape index (κ3) is 5.89. The van der Waals surface area contributed by atoms with Gasteiger partial charge in [-0.2, -0.15) is 0 Å². The van der Waals surface area contributed by atoms with E-state index < -0.39 is 17.9 Å². The van der Waals surface area contributed by atoms with Crippen molar-refractivity contribution in [2.45, 2.75) is 19.1 Å². The van der Waals surface area contributed by atoms with Crippen LogP contribution in [-0.4, -0.2) is 41.7 Å². The maximum Gasteiger partial charge on any atom is 0.326 e. The molecule has 1 aromatic carbocycles. The number of carbonyl (C=O) groups is 2. The first-order chi connectivity index (χ1) is 12.1. The lowest BCUT2D eigenvalue weighted by molar-refractivity contribution is -0.139. The molecule has 1 atom stereocenters. The molecular weight excluding hydrogens is 324 g/mol. The number of hydrogen-bond donors (Lipinski definition) is 2. The van der Waals surface area contributed by atoms with Crippen LogP contribution in [0.15, 0.2) is 48.7 Å². The zero-order chi connectivity index (χ0) is 18.1. The van der Waals surface area contributed by atoms with Gasteiger partial charge >= 0.3 is 5.97 Å². The second-order valence-corrected chi connectivity index (χ2v) is 5.30. The van der Waals surface area contributed by atoms with Crippen LogP contribution in [0.1, 0.15) is 22.3 Å². The molecule has 1 amide bonds. The van der Waals surface area contributed by atoms with Crippen molar-refractivity contribution < 1.29 is 24.2 Å². The third-order valence-electron chi connectivity index (χ3n) is 3.44. The summed E-state index contributed by atoms with van der Waals surface area (Å²) in [7, 11) is 1.47. The first-order valence-corrected chi connectivity index (χ1v) is 7.75. The normalized spacial score (nSPS) is 11.6. The smallest absolute Gasteiger partial charge is 0.326 e. The maximum atomic E-state index is 12.3. The standard InChI is InChI=1S/C18H20N2O5/c1-24-10-8-15(18(22)23)20-17(21)14-7-9-19-16(11-14)25-12-13-5-3-2-4-6-13/h2-7,9,11,15H,8,10,12H2,1H3,(H,20,21)(H,22,23). The Morgan fingerprint density at radius 2 is 2.00 bits per heavy atom. The van der Waals surface area contributed by atoms with Crippen LogP contribution in [0.2, 0.25) is 0 Å². The van der Waals surface area contributed by atoms with Crippen LogP contribution < -0.4 is 10.1 Å². The van der Waals surface area contributed by atoms with Crippen LogP contribution in [0, 0.1) is 0 Å². The minimum Gasteiger partial charge on any atom is -0.480 e. The summed E-state index contributed by atoms with van der Waals surface area (Å²) in [5.74, 6) is -1.32. The van der Waals surface area contributed by atoms with Gasteiger partial charge in [0, 0.05) is 38.0 Å². The molecule has 2 aromatic rings. The average molecular weight is 344 g/mol. The van der Waals surface area contributed by atoms with Gasteiger partial charge in [-0.1, -0.05) is 30.3 Å². The summed E-state index contributed by atoms with van der Waals surface area (Å²) in [6, 6.07) is 11.5. The fraction of sp³-hybridized carbons (Fsp3) is 0.278. The van der Waals surface area contributed by atoms with Gasteiger partial charge < -0.3 is 19.9 Å². The highest BCUT2D eigenvalue weighted by Gasteiger charge is 2.20. The first kappa shape index (κ1) is 18.4.